The van der Waals surface area contributed by atoms with Gasteiger partial charge in [-0.3, -0.25) is 0 Å². The lowest BCUT2D eigenvalue weighted by atomic mass is 10.3. The van der Waals surface area contributed by atoms with E-state index in [1.807, 2.05) is 10.3 Å². The van der Waals surface area contributed by atoms with Gasteiger partial charge in [-0.15, -0.1) is 0 Å². The zero-order chi connectivity index (χ0) is 6.95. The monoisotopic (exact) mass is 240 g/mol. The van der Waals surface area contributed by atoms with Gasteiger partial charge in [0.05, 0.1) is 0 Å². The van der Waals surface area contributed by atoms with Gasteiger partial charge < -0.3 is 11.1 Å². The van der Waals surface area contributed by atoms with E-state index in [0.717, 1.165) is 25.9 Å². The Bertz CT molecular complexity index is 73.5. The lowest BCUT2D eigenvalue weighted by Crippen LogP contribution is -2.08. The number of rotatable bonds is 5. The molecule has 0 aliphatic rings. The van der Waals surface area contributed by atoms with Crippen molar-refractivity contribution in [3.8, 4) is 0 Å². The van der Waals surface area contributed by atoms with Crippen LogP contribution in [0.4, 0.5) is 0 Å². The third-order valence-electron chi connectivity index (χ3n) is 0.956. The highest BCUT2D eigenvalue weighted by atomic mass is 127. The average molecular weight is 240 g/mol. The molecule has 3 heteroatoms. The molecule has 0 aromatic rings. The third kappa shape index (κ3) is 8.23. The summed E-state index contributed by atoms with van der Waals surface area (Å²) in [6, 6.07) is 0. The first-order valence-corrected chi connectivity index (χ1v) is 4.35. The molecule has 2 nitrogen and oxygen atoms in total. The molecule has 0 heterocycles. The molecule has 0 saturated heterocycles. The predicted octanol–water partition coefficient (Wildman–Crippen LogP) is 1.22. The van der Waals surface area contributed by atoms with Crippen molar-refractivity contribution in [1.29, 1.82) is 0 Å². The fraction of sp³-hybridized carbons (Fsp3) is 0.667. The fourth-order valence-electron chi connectivity index (χ4n) is 0.499. The zero-order valence-corrected chi connectivity index (χ0v) is 7.60. The molecule has 0 amide bonds. The van der Waals surface area contributed by atoms with Crippen LogP contribution in [0.5, 0.6) is 0 Å². The summed E-state index contributed by atoms with van der Waals surface area (Å²) in [4.78, 5) is 0. The molecule has 0 spiro atoms. The Balaban J connectivity index is 2.75. The van der Waals surface area contributed by atoms with Gasteiger partial charge in [0.1, 0.15) is 0 Å². The molecule has 0 unspecified atom stereocenters. The van der Waals surface area contributed by atoms with Crippen molar-refractivity contribution in [2.24, 2.45) is 5.73 Å². The van der Waals surface area contributed by atoms with E-state index >= 15 is 0 Å². The van der Waals surface area contributed by atoms with E-state index < -0.39 is 0 Å². The summed E-state index contributed by atoms with van der Waals surface area (Å²) in [5.74, 6) is 0. The van der Waals surface area contributed by atoms with E-state index in [2.05, 4.69) is 27.9 Å². The van der Waals surface area contributed by atoms with Crippen molar-refractivity contribution in [2.75, 3.05) is 13.1 Å². The molecule has 9 heavy (non-hydrogen) atoms. The SMILES string of the molecule is NCCCCN/C=C/I. The Morgan fingerprint density at radius 3 is 2.78 bits per heavy atom. The maximum Gasteiger partial charge on any atom is 0.0142 e. The van der Waals surface area contributed by atoms with Crippen LogP contribution in [0, 0.1) is 0 Å². The van der Waals surface area contributed by atoms with Crippen molar-refractivity contribution in [2.45, 2.75) is 12.8 Å². The first-order chi connectivity index (χ1) is 4.41. The van der Waals surface area contributed by atoms with Gasteiger partial charge in [0.25, 0.3) is 0 Å². The minimum Gasteiger partial charge on any atom is -0.391 e. The molecule has 0 aromatic carbocycles. The molecule has 0 rings (SSSR count). The van der Waals surface area contributed by atoms with Crippen LogP contribution in [-0.2, 0) is 0 Å². The summed E-state index contributed by atoms with van der Waals surface area (Å²) in [5, 5.41) is 3.13. The first-order valence-electron chi connectivity index (χ1n) is 3.10. The quantitative estimate of drug-likeness (QED) is 0.560. The molecule has 0 aliphatic carbocycles. The van der Waals surface area contributed by atoms with Crippen LogP contribution in [0.1, 0.15) is 12.8 Å². The largest absolute Gasteiger partial charge is 0.391 e. The smallest absolute Gasteiger partial charge is 0.0142 e. The van der Waals surface area contributed by atoms with Crippen molar-refractivity contribution < 1.29 is 0 Å². The van der Waals surface area contributed by atoms with Gasteiger partial charge in [0.15, 0.2) is 0 Å². The minimum absolute atomic E-state index is 0.801. The van der Waals surface area contributed by atoms with E-state index in [1.54, 1.807) is 0 Å². The van der Waals surface area contributed by atoms with E-state index in [4.69, 9.17) is 5.73 Å². The maximum atomic E-state index is 5.30. The van der Waals surface area contributed by atoms with Crippen molar-refractivity contribution in [3.05, 3.63) is 10.3 Å². The summed E-state index contributed by atoms with van der Waals surface area (Å²) in [5.41, 5.74) is 5.30. The number of halogens is 1. The topological polar surface area (TPSA) is 38.0 Å². The lowest BCUT2D eigenvalue weighted by molar-refractivity contribution is 0.704. The van der Waals surface area contributed by atoms with Crippen molar-refractivity contribution >= 4 is 22.6 Å². The van der Waals surface area contributed by atoms with E-state index in [0.29, 0.717) is 0 Å². The van der Waals surface area contributed by atoms with Crippen LogP contribution in [0.15, 0.2) is 10.3 Å². The second-order valence-electron chi connectivity index (χ2n) is 1.74. The van der Waals surface area contributed by atoms with Crippen molar-refractivity contribution in [1.82, 2.24) is 5.32 Å². The summed E-state index contributed by atoms with van der Waals surface area (Å²) in [6.45, 7) is 1.84. The molecule has 3 N–H and O–H groups in total. The molecule has 0 bridgehead atoms. The Morgan fingerprint density at radius 1 is 1.44 bits per heavy atom. The number of nitrogens with two attached hydrogens (primary N) is 1. The third-order valence-corrected chi connectivity index (χ3v) is 1.32. The number of nitrogens with one attached hydrogen (secondary N) is 1. The van der Waals surface area contributed by atoms with Crippen LogP contribution >= 0.6 is 22.6 Å². The Labute approximate surface area is 70.0 Å². The van der Waals surface area contributed by atoms with Crippen LogP contribution in [0.3, 0.4) is 0 Å². The summed E-state index contributed by atoms with van der Waals surface area (Å²) >= 11 is 2.18. The molecule has 0 aromatic heterocycles. The molecule has 54 valence electrons. The summed E-state index contributed by atoms with van der Waals surface area (Å²) < 4.78 is 1.96. The van der Waals surface area contributed by atoms with Crippen LogP contribution in [-0.4, -0.2) is 13.1 Å². The van der Waals surface area contributed by atoms with E-state index in [1.165, 1.54) is 0 Å². The predicted molar refractivity (Wildman–Crippen MR) is 49.5 cm³/mol. The average Bonchev–Trinajstić information content (AvgIpc) is 1.89. The Hall–Kier alpha value is 0.230. The lowest BCUT2D eigenvalue weighted by Gasteiger charge is -1.96. The van der Waals surface area contributed by atoms with Crippen molar-refractivity contribution in [3.63, 3.8) is 0 Å². The van der Waals surface area contributed by atoms with Gasteiger partial charge in [0.2, 0.25) is 0 Å². The summed E-state index contributed by atoms with van der Waals surface area (Å²) in [7, 11) is 0. The second kappa shape index (κ2) is 8.23. The molecule has 0 atom stereocenters. The Morgan fingerprint density at radius 2 is 2.22 bits per heavy atom. The highest BCUT2D eigenvalue weighted by Gasteiger charge is 1.80. The standard InChI is InChI=1S/C6H13IN2/c7-3-6-9-5-2-1-4-8/h3,6,9H,1-2,4-5,8H2/b6-3+. The normalized spacial score (nSPS) is 10.4. The highest BCUT2D eigenvalue weighted by molar-refractivity contribution is 14.1. The first kappa shape index (κ1) is 9.23. The molecule has 0 fully saturated rings. The summed E-state index contributed by atoms with van der Waals surface area (Å²) in [6.07, 6.45) is 4.22. The zero-order valence-electron chi connectivity index (χ0n) is 5.44. The number of hydrogen-bond donors (Lipinski definition) is 2. The van der Waals surface area contributed by atoms with Crippen LogP contribution < -0.4 is 11.1 Å². The van der Waals surface area contributed by atoms with Crippen LogP contribution in [0.25, 0.3) is 0 Å². The van der Waals surface area contributed by atoms with E-state index in [9.17, 15) is 0 Å². The van der Waals surface area contributed by atoms with Gasteiger partial charge >= 0.3 is 0 Å². The number of unbranched alkanes of at least 4 members (excludes halogenated alkanes) is 1. The molecular weight excluding hydrogens is 227 g/mol. The van der Waals surface area contributed by atoms with Gasteiger partial charge in [-0.2, -0.15) is 0 Å². The molecular formula is C6H13IN2. The molecule has 0 radical (unpaired) electrons. The highest BCUT2D eigenvalue weighted by Crippen LogP contribution is 1.83. The van der Waals surface area contributed by atoms with Gasteiger partial charge in [0, 0.05) is 12.7 Å². The molecule has 0 saturated carbocycles. The van der Waals surface area contributed by atoms with Gasteiger partial charge in [-0.1, -0.05) is 22.6 Å². The van der Waals surface area contributed by atoms with Gasteiger partial charge in [-0.05, 0) is 23.5 Å². The second-order valence-corrected chi connectivity index (χ2v) is 2.46. The van der Waals surface area contributed by atoms with E-state index in [-0.39, 0.29) is 0 Å². The fourth-order valence-corrected chi connectivity index (χ4v) is 0.754. The minimum atomic E-state index is 0.801. The number of hydrogen-bond acceptors (Lipinski definition) is 2. The van der Waals surface area contributed by atoms with Crippen LogP contribution in [0.2, 0.25) is 0 Å². The van der Waals surface area contributed by atoms with Gasteiger partial charge in [-0.25, -0.2) is 0 Å². The maximum absolute atomic E-state index is 5.30. The molecule has 0 aliphatic heterocycles. The Kier molecular flexibility index (Phi) is 8.44.